The zero-order chi connectivity index (χ0) is 43.0. The molecule has 15 rings (SSSR count). The molecule has 1 atom stereocenters. The lowest BCUT2D eigenvalue weighted by Crippen LogP contribution is -2.07. The Kier molecular flexibility index (Phi) is 7.30. The number of hydrogen-bond donors (Lipinski definition) is 0. The molecule has 1 unspecified atom stereocenters. The number of nitrogens with zero attached hydrogens (tertiary/aromatic N) is 4. The lowest BCUT2D eigenvalue weighted by Gasteiger charge is -2.20. The van der Waals surface area contributed by atoms with Crippen LogP contribution in [0.2, 0.25) is 0 Å². The predicted molar refractivity (Wildman–Crippen MR) is 275 cm³/mol. The van der Waals surface area contributed by atoms with Gasteiger partial charge in [0.15, 0.2) is 0 Å². The summed E-state index contributed by atoms with van der Waals surface area (Å²) in [6.07, 6.45) is 5.73. The molecule has 0 radical (unpaired) electrons. The maximum Gasteiger partial charge on any atom is 0.235 e. The van der Waals surface area contributed by atoms with Gasteiger partial charge in [0.05, 0.1) is 27.8 Å². The Bertz CT molecular complexity index is 4250. The highest BCUT2D eigenvalue weighted by Crippen LogP contribution is 2.52. The average molecular weight is 839 g/mol. The van der Waals surface area contributed by atoms with E-state index < -0.39 is 0 Å². The van der Waals surface area contributed by atoms with E-state index in [9.17, 15) is 0 Å². The van der Waals surface area contributed by atoms with Gasteiger partial charge in [0, 0.05) is 44.4 Å². The zero-order valence-electron chi connectivity index (χ0n) is 35.8. The summed E-state index contributed by atoms with van der Waals surface area (Å²) >= 11 is 0. The molecule has 0 amide bonds. The molecule has 0 fully saturated rings. The van der Waals surface area contributed by atoms with E-state index in [-0.39, 0.29) is 5.92 Å². The van der Waals surface area contributed by atoms with Gasteiger partial charge in [0.1, 0.15) is 0 Å². The van der Waals surface area contributed by atoms with E-state index in [0.29, 0.717) is 5.95 Å². The van der Waals surface area contributed by atoms with Gasteiger partial charge in [0.25, 0.3) is 0 Å². The first-order valence-corrected chi connectivity index (χ1v) is 22.9. The molecule has 0 aliphatic heterocycles. The minimum absolute atomic E-state index is 0.167. The van der Waals surface area contributed by atoms with Crippen molar-refractivity contribution in [3.05, 3.63) is 223 Å². The van der Waals surface area contributed by atoms with E-state index in [0.717, 1.165) is 45.0 Å². The highest BCUT2D eigenvalue weighted by Gasteiger charge is 2.30. The Hall–Kier alpha value is -8.60. The second-order valence-corrected chi connectivity index (χ2v) is 18.0. The first kappa shape index (κ1) is 35.8. The largest absolute Gasteiger partial charge is 0.310 e. The lowest BCUT2D eigenvalue weighted by molar-refractivity contribution is 0.827. The summed E-state index contributed by atoms with van der Waals surface area (Å²) in [6, 6.07) is 73.1. The molecule has 0 saturated heterocycles. The van der Waals surface area contributed by atoms with E-state index >= 15 is 0 Å². The molecule has 0 spiro atoms. The summed E-state index contributed by atoms with van der Waals surface area (Å²) < 4.78 is 4.80. The fourth-order valence-corrected chi connectivity index (χ4v) is 11.8. The molecule has 2 aliphatic carbocycles. The van der Waals surface area contributed by atoms with Gasteiger partial charge >= 0.3 is 0 Å². The average Bonchev–Trinajstić information content (AvgIpc) is 4.02. The number of hydrogen-bond acceptors (Lipinski definition) is 2. The highest BCUT2D eigenvalue weighted by molar-refractivity contribution is 6.25. The molecule has 0 bridgehead atoms. The van der Waals surface area contributed by atoms with E-state index in [2.05, 4.69) is 221 Å². The first-order valence-electron chi connectivity index (χ1n) is 22.9. The van der Waals surface area contributed by atoms with Gasteiger partial charge in [-0.2, -0.15) is 0 Å². The number of benzene rings is 10. The standard InChI is InChI=1S/C62H38N4/c1-3-16-39(17-4-1)61-60-44-21-10-8-14-37(44)26-30-52(60)63-62(64-61)66-54-32-29-41(35-51(54)58-43-20-9-7-15-38(43)27-33-55(58)66)40-28-31-53-50(34-40)59-48-25-13-24-47-45-22-11-12-23-46(45)49(57(47)48)36-56(59)65(53)42-18-5-2-6-19-42/h1-33,35-36,40H,34H2. The Morgan fingerprint density at radius 2 is 1.09 bits per heavy atom. The van der Waals surface area contributed by atoms with Crippen molar-refractivity contribution in [2.45, 2.75) is 12.3 Å². The van der Waals surface area contributed by atoms with Crippen LogP contribution in [0.4, 0.5) is 0 Å². The number of para-hydroxylation sites is 1. The third-order valence-electron chi connectivity index (χ3n) is 14.6. The van der Waals surface area contributed by atoms with Crippen molar-refractivity contribution in [3.8, 4) is 45.1 Å². The number of rotatable bonds is 4. The van der Waals surface area contributed by atoms with Crippen LogP contribution in [0.3, 0.4) is 0 Å². The Morgan fingerprint density at radius 1 is 0.424 bits per heavy atom. The Balaban J connectivity index is 0.953. The summed E-state index contributed by atoms with van der Waals surface area (Å²) in [5, 5.41) is 12.3. The molecule has 4 heteroatoms. The molecule has 4 nitrogen and oxygen atoms in total. The van der Waals surface area contributed by atoms with Crippen molar-refractivity contribution < 1.29 is 0 Å². The molecule has 2 aliphatic rings. The molecular formula is C62H38N4. The monoisotopic (exact) mass is 838 g/mol. The second kappa shape index (κ2) is 13.5. The van der Waals surface area contributed by atoms with Crippen molar-refractivity contribution >= 4 is 82.0 Å². The molecule has 10 aromatic carbocycles. The van der Waals surface area contributed by atoms with Crippen LogP contribution in [0.15, 0.2) is 206 Å². The van der Waals surface area contributed by atoms with Gasteiger partial charge in [-0.25, -0.2) is 9.97 Å². The van der Waals surface area contributed by atoms with Gasteiger partial charge in [-0.15, -0.1) is 0 Å². The molecule has 0 N–H and O–H groups in total. The van der Waals surface area contributed by atoms with Crippen LogP contribution in [-0.4, -0.2) is 19.1 Å². The summed E-state index contributed by atoms with van der Waals surface area (Å²) in [5.41, 5.74) is 16.8. The van der Waals surface area contributed by atoms with E-state index in [1.807, 2.05) is 0 Å². The van der Waals surface area contributed by atoms with Crippen molar-refractivity contribution in [3.63, 3.8) is 0 Å². The highest BCUT2D eigenvalue weighted by atomic mass is 15.2. The number of allylic oxidation sites excluding steroid dienone is 1. The topological polar surface area (TPSA) is 35.6 Å². The van der Waals surface area contributed by atoms with Crippen LogP contribution < -0.4 is 0 Å². The summed E-state index contributed by atoms with van der Waals surface area (Å²) in [6.45, 7) is 0. The van der Waals surface area contributed by atoms with E-state index in [4.69, 9.17) is 9.97 Å². The van der Waals surface area contributed by atoms with Crippen molar-refractivity contribution in [1.82, 2.24) is 19.1 Å². The van der Waals surface area contributed by atoms with Gasteiger partial charge < -0.3 is 4.57 Å². The quantitative estimate of drug-likeness (QED) is 0.166. The summed E-state index contributed by atoms with van der Waals surface area (Å²) in [7, 11) is 0. The molecular weight excluding hydrogens is 801 g/mol. The third kappa shape index (κ3) is 4.93. The van der Waals surface area contributed by atoms with Gasteiger partial charge in [-0.1, -0.05) is 164 Å². The normalized spacial score (nSPS) is 14.1. The fourth-order valence-electron chi connectivity index (χ4n) is 11.8. The maximum absolute atomic E-state index is 5.53. The third-order valence-corrected chi connectivity index (χ3v) is 14.6. The van der Waals surface area contributed by atoms with Crippen LogP contribution in [0, 0.1) is 0 Å². The van der Waals surface area contributed by atoms with E-state index in [1.54, 1.807) is 0 Å². The molecule has 3 aromatic heterocycles. The maximum atomic E-state index is 5.53. The molecule has 13 aromatic rings. The second-order valence-electron chi connectivity index (χ2n) is 18.0. The summed E-state index contributed by atoms with van der Waals surface area (Å²) in [5.74, 6) is 0.834. The van der Waals surface area contributed by atoms with Crippen molar-refractivity contribution in [1.29, 1.82) is 0 Å². The lowest BCUT2D eigenvalue weighted by atomic mass is 9.85. The van der Waals surface area contributed by atoms with Gasteiger partial charge in [0.2, 0.25) is 5.95 Å². The minimum Gasteiger partial charge on any atom is -0.310 e. The van der Waals surface area contributed by atoms with Crippen LogP contribution >= 0.6 is 0 Å². The van der Waals surface area contributed by atoms with Gasteiger partial charge in [-0.3, -0.25) is 4.57 Å². The SMILES string of the molecule is C1=CC(c2ccc3c(c2)c2c4ccccc4ccc2n3-c2nc(-c3ccccc3)c3c(ccc4ccccc43)n2)Cc2c1n(-c1ccccc1)c1cc3c4c(cccc4c21)-c1ccccc1-3. The predicted octanol–water partition coefficient (Wildman–Crippen LogP) is 15.8. The number of fused-ring (bicyclic) bond motifs is 15. The number of aromatic nitrogens is 4. The molecule has 306 valence electrons. The molecule has 0 saturated carbocycles. The fraction of sp³-hybridized carbons (Fsp3) is 0.0323. The van der Waals surface area contributed by atoms with Gasteiger partial charge in [-0.05, 0) is 121 Å². The van der Waals surface area contributed by atoms with E-state index in [1.165, 1.54) is 93.4 Å². The zero-order valence-corrected chi connectivity index (χ0v) is 35.8. The summed E-state index contributed by atoms with van der Waals surface area (Å²) in [4.78, 5) is 11.0. The van der Waals surface area contributed by atoms with Crippen LogP contribution in [-0.2, 0) is 6.42 Å². The Morgan fingerprint density at radius 3 is 1.91 bits per heavy atom. The minimum atomic E-state index is 0.167. The van der Waals surface area contributed by atoms with Crippen molar-refractivity contribution in [2.24, 2.45) is 0 Å². The van der Waals surface area contributed by atoms with Crippen molar-refractivity contribution in [2.75, 3.05) is 0 Å². The first-order chi connectivity index (χ1) is 32.7. The molecule has 3 heterocycles. The van der Waals surface area contributed by atoms with Crippen LogP contribution in [0.5, 0.6) is 0 Å². The van der Waals surface area contributed by atoms with Crippen LogP contribution in [0.25, 0.3) is 127 Å². The molecule has 66 heavy (non-hydrogen) atoms. The smallest absolute Gasteiger partial charge is 0.235 e. The van der Waals surface area contributed by atoms with Crippen LogP contribution in [0.1, 0.15) is 22.7 Å². The Labute approximate surface area is 380 Å².